The van der Waals surface area contributed by atoms with Gasteiger partial charge in [-0.15, -0.1) is 5.10 Å². The summed E-state index contributed by atoms with van der Waals surface area (Å²) in [6.45, 7) is 0.532. The average Bonchev–Trinajstić information content (AvgIpc) is 2.29. The van der Waals surface area contributed by atoms with Crippen molar-refractivity contribution in [2.75, 3.05) is 5.73 Å². The van der Waals surface area contributed by atoms with Crippen LogP contribution in [0.3, 0.4) is 0 Å². The summed E-state index contributed by atoms with van der Waals surface area (Å²) in [7, 11) is 0. The molecule has 76 valence electrons. The van der Waals surface area contributed by atoms with Crippen molar-refractivity contribution >= 4 is 5.95 Å². The Morgan fingerprint density at radius 2 is 1.87 bits per heavy atom. The molecule has 0 bridgehead atoms. The zero-order chi connectivity index (χ0) is 10.7. The highest BCUT2D eigenvalue weighted by atomic mass is 15.2. The molecule has 5 heteroatoms. The molecule has 2 aromatic rings. The minimum absolute atomic E-state index is 0.176. The van der Waals surface area contributed by atoms with Crippen molar-refractivity contribution in [1.82, 2.24) is 15.2 Å². The summed E-state index contributed by atoms with van der Waals surface area (Å²) >= 11 is 0. The van der Waals surface area contributed by atoms with Gasteiger partial charge in [0.25, 0.3) is 0 Å². The molecular weight excluding hydrogens is 190 g/mol. The molecule has 1 heterocycles. The van der Waals surface area contributed by atoms with E-state index in [4.69, 9.17) is 11.5 Å². The number of rotatable bonds is 2. The van der Waals surface area contributed by atoms with E-state index in [2.05, 4.69) is 15.2 Å². The Bertz CT molecular complexity index is 452. The predicted octanol–water partition coefficient (Wildman–Crippen LogP) is 0.579. The zero-order valence-electron chi connectivity index (χ0n) is 8.09. The number of hydrogen-bond donors (Lipinski definition) is 2. The first-order valence-corrected chi connectivity index (χ1v) is 4.54. The molecule has 0 atom stereocenters. The first kappa shape index (κ1) is 9.54. The van der Waals surface area contributed by atoms with Crippen LogP contribution in [0.5, 0.6) is 0 Å². The van der Waals surface area contributed by atoms with Gasteiger partial charge in [-0.2, -0.15) is 5.10 Å². The second-order valence-electron chi connectivity index (χ2n) is 3.10. The second kappa shape index (κ2) is 4.02. The summed E-state index contributed by atoms with van der Waals surface area (Å²) < 4.78 is 0. The van der Waals surface area contributed by atoms with E-state index in [1.54, 1.807) is 6.20 Å². The normalized spacial score (nSPS) is 10.2. The fourth-order valence-corrected chi connectivity index (χ4v) is 1.27. The average molecular weight is 201 g/mol. The van der Waals surface area contributed by atoms with Crippen LogP contribution in [-0.4, -0.2) is 15.2 Å². The van der Waals surface area contributed by atoms with Crippen LogP contribution < -0.4 is 11.5 Å². The van der Waals surface area contributed by atoms with Gasteiger partial charge in [-0.05, 0) is 5.56 Å². The number of hydrogen-bond acceptors (Lipinski definition) is 5. The number of nitrogen functional groups attached to an aromatic ring is 1. The Morgan fingerprint density at radius 1 is 1.13 bits per heavy atom. The third-order valence-electron chi connectivity index (χ3n) is 2.06. The summed E-state index contributed by atoms with van der Waals surface area (Å²) in [4.78, 5) is 4.07. The fourth-order valence-electron chi connectivity index (χ4n) is 1.27. The first-order valence-electron chi connectivity index (χ1n) is 4.54. The van der Waals surface area contributed by atoms with Gasteiger partial charge >= 0.3 is 0 Å². The van der Waals surface area contributed by atoms with Crippen LogP contribution in [-0.2, 0) is 6.54 Å². The number of nitrogens with two attached hydrogens (primary N) is 2. The second-order valence-corrected chi connectivity index (χ2v) is 3.10. The van der Waals surface area contributed by atoms with E-state index in [0.29, 0.717) is 12.2 Å². The van der Waals surface area contributed by atoms with E-state index in [0.717, 1.165) is 11.1 Å². The molecule has 0 saturated carbocycles. The molecule has 0 amide bonds. The highest BCUT2D eigenvalue weighted by Gasteiger charge is 2.00. The van der Waals surface area contributed by atoms with E-state index < -0.39 is 0 Å². The van der Waals surface area contributed by atoms with Crippen molar-refractivity contribution in [2.45, 2.75) is 6.54 Å². The van der Waals surface area contributed by atoms with Gasteiger partial charge in [0.1, 0.15) is 0 Å². The summed E-state index contributed by atoms with van der Waals surface area (Å²) in [6, 6.07) is 7.78. The van der Waals surface area contributed by atoms with Gasteiger partial charge in [0.15, 0.2) is 0 Å². The maximum atomic E-state index is 5.50. The quantitative estimate of drug-likeness (QED) is 0.741. The summed E-state index contributed by atoms with van der Waals surface area (Å²) in [5.41, 5.74) is 13.7. The summed E-state index contributed by atoms with van der Waals surface area (Å²) in [5.74, 6) is 0.176. The van der Waals surface area contributed by atoms with Crippen molar-refractivity contribution in [2.24, 2.45) is 5.73 Å². The van der Waals surface area contributed by atoms with Crippen molar-refractivity contribution in [3.63, 3.8) is 0 Å². The molecule has 0 fully saturated rings. The molecule has 0 radical (unpaired) electrons. The van der Waals surface area contributed by atoms with Gasteiger partial charge in [0.05, 0.1) is 11.9 Å². The van der Waals surface area contributed by atoms with Crippen LogP contribution in [0, 0.1) is 0 Å². The number of aromatic nitrogens is 3. The highest BCUT2D eigenvalue weighted by molar-refractivity contribution is 5.59. The minimum Gasteiger partial charge on any atom is -0.366 e. The van der Waals surface area contributed by atoms with Gasteiger partial charge < -0.3 is 11.5 Å². The van der Waals surface area contributed by atoms with E-state index in [1.165, 1.54) is 0 Å². The monoisotopic (exact) mass is 201 g/mol. The molecule has 5 nitrogen and oxygen atoms in total. The van der Waals surface area contributed by atoms with Crippen LogP contribution in [0.2, 0.25) is 0 Å². The predicted molar refractivity (Wildman–Crippen MR) is 57.6 cm³/mol. The first-order chi connectivity index (χ1) is 7.29. The Balaban J connectivity index is 2.37. The Morgan fingerprint density at radius 3 is 2.47 bits per heavy atom. The lowest BCUT2D eigenvalue weighted by Crippen LogP contribution is -1.99. The standard InChI is InChI=1S/C10H11N5/c11-5-7-1-3-8(4-2-7)9-6-13-15-10(12)14-9/h1-4,6H,5,11H2,(H2,12,14,15). The maximum Gasteiger partial charge on any atom is 0.240 e. The lowest BCUT2D eigenvalue weighted by Gasteiger charge is -2.01. The third kappa shape index (κ3) is 2.08. The van der Waals surface area contributed by atoms with E-state index in [-0.39, 0.29) is 5.95 Å². The summed E-state index contributed by atoms with van der Waals surface area (Å²) in [5, 5.41) is 7.34. The van der Waals surface area contributed by atoms with Crippen LogP contribution in [0.25, 0.3) is 11.3 Å². The van der Waals surface area contributed by atoms with E-state index in [1.807, 2.05) is 24.3 Å². The van der Waals surface area contributed by atoms with Gasteiger partial charge in [0, 0.05) is 12.1 Å². The van der Waals surface area contributed by atoms with Crippen molar-refractivity contribution < 1.29 is 0 Å². The van der Waals surface area contributed by atoms with Crippen LogP contribution in [0.1, 0.15) is 5.56 Å². The number of anilines is 1. The highest BCUT2D eigenvalue weighted by Crippen LogP contribution is 2.16. The number of benzene rings is 1. The largest absolute Gasteiger partial charge is 0.366 e. The third-order valence-corrected chi connectivity index (χ3v) is 2.06. The van der Waals surface area contributed by atoms with Crippen LogP contribution >= 0.6 is 0 Å². The molecular formula is C10H11N5. The van der Waals surface area contributed by atoms with Gasteiger partial charge in [-0.25, -0.2) is 4.98 Å². The van der Waals surface area contributed by atoms with Crippen LogP contribution in [0.15, 0.2) is 30.5 Å². The molecule has 15 heavy (non-hydrogen) atoms. The van der Waals surface area contributed by atoms with E-state index in [9.17, 15) is 0 Å². The lowest BCUT2D eigenvalue weighted by atomic mass is 10.1. The van der Waals surface area contributed by atoms with Gasteiger partial charge in [-0.3, -0.25) is 0 Å². The topological polar surface area (TPSA) is 90.7 Å². The van der Waals surface area contributed by atoms with Crippen LogP contribution in [0.4, 0.5) is 5.95 Å². The molecule has 0 spiro atoms. The fraction of sp³-hybridized carbons (Fsp3) is 0.100. The molecule has 0 aliphatic rings. The summed E-state index contributed by atoms with van der Waals surface area (Å²) in [6.07, 6.45) is 1.58. The molecule has 2 rings (SSSR count). The minimum atomic E-state index is 0.176. The molecule has 0 saturated heterocycles. The Hall–Kier alpha value is -2.01. The molecule has 1 aromatic carbocycles. The molecule has 0 aliphatic carbocycles. The maximum absolute atomic E-state index is 5.50. The molecule has 4 N–H and O–H groups in total. The molecule has 0 unspecified atom stereocenters. The zero-order valence-corrected chi connectivity index (χ0v) is 8.09. The van der Waals surface area contributed by atoms with Crippen molar-refractivity contribution in [3.05, 3.63) is 36.0 Å². The number of nitrogens with zero attached hydrogens (tertiary/aromatic N) is 3. The van der Waals surface area contributed by atoms with Crippen molar-refractivity contribution in [3.8, 4) is 11.3 Å². The SMILES string of the molecule is NCc1ccc(-c2cnnc(N)n2)cc1. The Kier molecular flexibility index (Phi) is 2.55. The van der Waals surface area contributed by atoms with E-state index >= 15 is 0 Å². The molecule has 1 aromatic heterocycles. The smallest absolute Gasteiger partial charge is 0.240 e. The van der Waals surface area contributed by atoms with Gasteiger partial charge in [-0.1, -0.05) is 24.3 Å². The lowest BCUT2D eigenvalue weighted by molar-refractivity contribution is 0.989. The van der Waals surface area contributed by atoms with Crippen molar-refractivity contribution in [1.29, 1.82) is 0 Å². The van der Waals surface area contributed by atoms with Gasteiger partial charge in [0.2, 0.25) is 5.95 Å². The molecule has 0 aliphatic heterocycles. The Labute approximate surface area is 87.2 Å².